The van der Waals surface area contributed by atoms with Crippen LogP contribution in [0.25, 0.3) is 5.43 Å². The highest BCUT2D eigenvalue weighted by Crippen LogP contribution is 2.20. The van der Waals surface area contributed by atoms with Crippen LogP contribution in [-0.4, -0.2) is 99.4 Å². The summed E-state index contributed by atoms with van der Waals surface area (Å²) in [5, 5.41) is 10.7. The molecule has 1 aromatic rings. The largest absolute Gasteiger partial charge is 0.463 e. The first-order chi connectivity index (χ1) is 14.7. The molecule has 0 aliphatic carbocycles. The van der Waals surface area contributed by atoms with E-state index in [9.17, 15) is 4.39 Å². The number of anilines is 1. The summed E-state index contributed by atoms with van der Waals surface area (Å²) >= 11 is 0. The second-order valence-electron chi connectivity index (χ2n) is 7.60. The average molecular weight is 418 g/mol. The van der Waals surface area contributed by atoms with Crippen LogP contribution in [0.15, 0.2) is 36.2 Å². The fraction of sp³-hybridized carbons (Fsp3) is 0.571. The Kier molecular flexibility index (Phi) is 7.03. The van der Waals surface area contributed by atoms with Gasteiger partial charge in [0.2, 0.25) is 0 Å². The Morgan fingerprint density at radius 1 is 0.833 bits per heavy atom. The zero-order valence-corrected chi connectivity index (χ0v) is 17.3. The van der Waals surface area contributed by atoms with Crippen LogP contribution in [0.5, 0.6) is 0 Å². The van der Waals surface area contributed by atoms with E-state index in [0.717, 1.165) is 63.9 Å². The van der Waals surface area contributed by atoms with Crippen LogP contribution in [0.4, 0.5) is 10.1 Å². The molecule has 0 aromatic heterocycles. The van der Waals surface area contributed by atoms with Gasteiger partial charge in [-0.25, -0.2) is 4.39 Å². The first-order valence-corrected chi connectivity index (χ1v) is 10.6. The van der Waals surface area contributed by atoms with Crippen molar-refractivity contribution in [2.24, 2.45) is 0 Å². The maximum absolute atomic E-state index is 13.2. The molecule has 1 N–H and O–H groups in total. The number of amidine groups is 1. The van der Waals surface area contributed by atoms with Gasteiger partial charge in [0.25, 0.3) is 0 Å². The minimum atomic E-state index is -0.219. The van der Waals surface area contributed by atoms with E-state index in [2.05, 4.69) is 14.7 Å². The maximum atomic E-state index is 13.2. The van der Waals surface area contributed by atoms with Crippen LogP contribution >= 0.6 is 0 Å². The lowest BCUT2D eigenvalue weighted by molar-refractivity contribution is 0.0407. The van der Waals surface area contributed by atoms with E-state index in [0.29, 0.717) is 32.3 Å². The van der Waals surface area contributed by atoms with Crippen molar-refractivity contribution in [3.8, 4) is 0 Å². The van der Waals surface area contributed by atoms with Crippen LogP contribution in [0.2, 0.25) is 0 Å². The first kappa shape index (κ1) is 20.9. The Balaban J connectivity index is 1.38. The molecule has 3 saturated heterocycles. The number of piperazine rings is 1. The molecule has 3 aliphatic heterocycles. The third-order valence-electron chi connectivity index (χ3n) is 5.64. The number of benzene rings is 1. The van der Waals surface area contributed by atoms with Gasteiger partial charge in [0.05, 0.1) is 13.2 Å². The topological polar surface area (TPSA) is 69.4 Å². The Morgan fingerprint density at radius 3 is 2.07 bits per heavy atom. The molecule has 9 heteroatoms. The average Bonchev–Trinajstić information content (AvgIpc) is 2.80. The second-order valence-corrected chi connectivity index (χ2v) is 7.60. The number of morpholine rings is 2. The lowest BCUT2D eigenvalue weighted by atomic mass is 10.2. The molecule has 3 aliphatic rings. The molecule has 3 fully saturated rings. The van der Waals surface area contributed by atoms with Crippen molar-refractivity contribution >= 4 is 11.5 Å². The fourth-order valence-corrected chi connectivity index (χ4v) is 3.85. The number of rotatable bonds is 5. The highest BCUT2D eigenvalue weighted by atomic mass is 19.1. The number of hydrogen-bond acceptors (Lipinski definition) is 6. The molecule has 3 heterocycles. The molecule has 164 valence electrons. The van der Waals surface area contributed by atoms with E-state index in [1.807, 2.05) is 23.2 Å². The molecular weight excluding hydrogens is 387 g/mol. The molecule has 1 aromatic carbocycles. The lowest BCUT2D eigenvalue weighted by Crippen LogP contribution is -2.48. The van der Waals surface area contributed by atoms with Gasteiger partial charge >= 0.3 is 0 Å². The van der Waals surface area contributed by atoms with Gasteiger partial charge in [-0.15, -0.1) is 0 Å². The molecule has 8 nitrogen and oxygen atoms in total. The fourth-order valence-electron chi connectivity index (χ4n) is 3.85. The van der Waals surface area contributed by atoms with Gasteiger partial charge in [-0.05, 0) is 49.3 Å². The van der Waals surface area contributed by atoms with Crippen molar-refractivity contribution in [2.45, 2.75) is 0 Å². The highest BCUT2D eigenvalue weighted by Gasteiger charge is 2.19. The van der Waals surface area contributed by atoms with E-state index in [-0.39, 0.29) is 5.82 Å². The van der Waals surface area contributed by atoms with Crippen molar-refractivity contribution in [1.29, 1.82) is 5.41 Å². The molecule has 0 saturated carbocycles. The van der Waals surface area contributed by atoms with E-state index in [1.54, 1.807) is 0 Å². The van der Waals surface area contributed by atoms with E-state index >= 15 is 0 Å². The molecule has 0 unspecified atom stereocenters. The highest BCUT2D eigenvalue weighted by molar-refractivity contribution is 5.91. The first-order valence-electron chi connectivity index (χ1n) is 10.6. The van der Waals surface area contributed by atoms with Crippen molar-refractivity contribution in [3.05, 3.63) is 47.4 Å². The minimum absolute atomic E-state index is 0.219. The van der Waals surface area contributed by atoms with Crippen LogP contribution in [0.3, 0.4) is 0 Å². The molecule has 0 atom stereocenters. The molecule has 0 spiro atoms. The molecule has 0 amide bonds. The van der Waals surface area contributed by atoms with Crippen molar-refractivity contribution in [2.75, 3.05) is 83.7 Å². The summed E-state index contributed by atoms with van der Waals surface area (Å²) in [6.45, 7) is 8.93. The van der Waals surface area contributed by atoms with Crippen molar-refractivity contribution < 1.29 is 13.9 Å². The Bertz CT molecular complexity index is 724. The van der Waals surface area contributed by atoms with Gasteiger partial charge in [-0.2, -0.15) is 0 Å². The monoisotopic (exact) mass is 417 g/mol. The molecular formula is C21H30FN6O2-. The summed E-state index contributed by atoms with van der Waals surface area (Å²) in [6.07, 6.45) is 1.88. The van der Waals surface area contributed by atoms with Gasteiger partial charge in [-0.3, -0.25) is 10.4 Å². The predicted octanol–water partition coefficient (Wildman–Crippen LogP) is 1.72. The Hall–Kier alpha value is -2.36. The Morgan fingerprint density at radius 2 is 1.43 bits per heavy atom. The van der Waals surface area contributed by atoms with Crippen LogP contribution in [0, 0.1) is 11.2 Å². The van der Waals surface area contributed by atoms with E-state index in [4.69, 9.17) is 20.3 Å². The molecule has 0 radical (unpaired) electrons. The van der Waals surface area contributed by atoms with Gasteiger partial charge in [0, 0.05) is 58.2 Å². The second kappa shape index (κ2) is 10.1. The summed E-state index contributed by atoms with van der Waals surface area (Å²) in [7, 11) is 0. The molecule has 4 rings (SSSR count). The van der Waals surface area contributed by atoms with Crippen LogP contribution in [0.1, 0.15) is 0 Å². The number of nitrogens with zero attached hydrogens (tertiary/aromatic N) is 5. The summed E-state index contributed by atoms with van der Waals surface area (Å²) < 4.78 is 24.1. The number of hydrogen-bond donors (Lipinski definition) is 1. The minimum Gasteiger partial charge on any atom is -0.463 e. The zero-order chi connectivity index (χ0) is 20.8. The lowest BCUT2D eigenvalue weighted by Gasteiger charge is -2.44. The smallest absolute Gasteiger partial charge is 0.123 e. The van der Waals surface area contributed by atoms with Crippen LogP contribution < -0.4 is 4.90 Å². The van der Waals surface area contributed by atoms with Crippen molar-refractivity contribution in [1.82, 2.24) is 14.8 Å². The zero-order valence-electron chi connectivity index (χ0n) is 17.3. The standard InChI is InChI=1S/C21H30FN6O2/c22-18-1-3-19(4-2-18)25-5-7-26(8-6-25)20(23)17-21(27-9-13-29-14-10-27)24-28-11-15-30-16-12-28/h1-4,17,23H,5-16H2/q-1/b21-17+,23-20?. The summed E-state index contributed by atoms with van der Waals surface area (Å²) in [5.41, 5.74) is 5.86. The van der Waals surface area contributed by atoms with E-state index < -0.39 is 0 Å². The third kappa shape index (κ3) is 5.41. The van der Waals surface area contributed by atoms with Gasteiger partial charge in [-0.1, -0.05) is 0 Å². The molecule has 30 heavy (non-hydrogen) atoms. The summed E-state index contributed by atoms with van der Waals surface area (Å²) in [5.74, 6) is 1.09. The van der Waals surface area contributed by atoms with Gasteiger partial charge < -0.3 is 29.6 Å². The summed E-state index contributed by atoms with van der Waals surface area (Å²) in [6, 6.07) is 6.62. The molecule has 0 bridgehead atoms. The SMILES string of the molecule is N=C(/C=C(\[N-]N1CCOCC1)N1CCOCC1)N1CCN(c2ccc(F)cc2)CC1. The van der Waals surface area contributed by atoms with Gasteiger partial charge in [0.1, 0.15) is 11.7 Å². The van der Waals surface area contributed by atoms with Crippen LogP contribution in [-0.2, 0) is 9.47 Å². The van der Waals surface area contributed by atoms with E-state index in [1.165, 1.54) is 12.1 Å². The van der Waals surface area contributed by atoms with Crippen molar-refractivity contribution in [3.63, 3.8) is 0 Å². The Labute approximate surface area is 177 Å². The predicted molar refractivity (Wildman–Crippen MR) is 114 cm³/mol. The third-order valence-corrected chi connectivity index (χ3v) is 5.64. The summed E-state index contributed by atoms with van der Waals surface area (Å²) in [4.78, 5) is 6.51. The van der Waals surface area contributed by atoms with Gasteiger partial charge in [0.15, 0.2) is 0 Å². The number of nitrogens with one attached hydrogen (secondary N) is 1. The number of halogens is 1. The normalized spacial score (nSPS) is 21.6. The maximum Gasteiger partial charge on any atom is 0.123 e. The quantitative estimate of drug-likeness (QED) is 0.581. The number of ether oxygens (including phenoxy) is 2.